The third kappa shape index (κ3) is 10.5. The second-order valence-electron chi connectivity index (χ2n) is 17.1. The molecule has 1 fully saturated rings. The molecule has 316 valence electrons. The van der Waals surface area contributed by atoms with E-state index in [0.29, 0.717) is 43.9 Å². The number of carbonyl (C=O) groups excluding carboxylic acids is 1. The number of nitrogens with one attached hydrogen (secondary N) is 1. The van der Waals surface area contributed by atoms with E-state index in [9.17, 15) is 20.1 Å². The third-order valence-electron chi connectivity index (χ3n) is 12.6. The van der Waals surface area contributed by atoms with Crippen molar-refractivity contribution >= 4 is 22.2 Å². The first kappa shape index (κ1) is 42.7. The summed E-state index contributed by atoms with van der Waals surface area (Å²) in [4.78, 5) is 13.8. The van der Waals surface area contributed by atoms with E-state index in [1.54, 1.807) is 20.1 Å². The Hall–Kier alpha value is -5.39. The Kier molecular flexibility index (Phi) is 14.1. The molecular formula is C52H61NO7. The van der Waals surface area contributed by atoms with Gasteiger partial charge in [0.2, 0.25) is 0 Å². The van der Waals surface area contributed by atoms with Crippen molar-refractivity contribution < 1.29 is 34.3 Å². The van der Waals surface area contributed by atoms with Crippen molar-refractivity contribution in [3.63, 3.8) is 0 Å². The fourth-order valence-electron chi connectivity index (χ4n) is 9.43. The van der Waals surface area contributed by atoms with Gasteiger partial charge in [-0.1, -0.05) is 62.6 Å². The molecule has 2 aliphatic carbocycles. The number of allylic oxidation sites excluding steroid dienone is 3. The van der Waals surface area contributed by atoms with Crippen LogP contribution in [0.5, 0.6) is 17.2 Å². The maximum Gasteiger partial charge on any atom is 0.161 e. The topological polar surface area (TPSA) is 117 Å². The minimum atomic E-state index is -0.599. The summed E-state index contributed by atoms with van der Waals surface area (Å²) in [6.07, 6.45) is 17.9. The molecule has 0 aromatic heterocycles. The van der Waals surface area contributed by atoms with Gasteiger partial charge in [0.25, 0.3) is 0 Å². The number of methoxy groups -OCH3 is 1. The monoisotopic (exact) mass is 811 g/mol. The molecule has 4 aromatic carbocycles. The highest BCUT2D eigenvalue weighted by Gasteiger charge is 2.38. The molecule has 4 unspecified atom stereocenters. The van der Waals surface area contributed by atoms with E-state index >= 15 is 0 Å². The molecule has 4 aliphatic rings. The molecule has 0 radical (unpaired) electrons. The number of aromatic hydroxyl groups is 1. The number of aliphatic hydroxyl groups is 2. The minimum absolute atomic E-state index is 0.0327. The van der Waals surface area contributed by atoms with Crippen LogP contribution in [0.15, 0.2) is 90.7 Å². The van der Waals surface area contributed by atoms with Crippen LogP contribution in [-0.4, -0.2) is 47.0 Å². The Balaban J connectivity index is 1.15. The van der Waals surface area contributed by atoms with Crippen LogP contribution in [0.1, 0.15) is 106 Å². The first-order valence-corrected chi connectivity index (χ1v) is 22.0. The molecule has 2 aliphatic heterocycles. The summed E-state index contributed by atoms with van der Waals surface area (Å²) in [5.41, 5.74) is 5.58. The Morgan fingerprint density at radius 3 is 2.60 bits per heavy atom. The van der Waals surface area contributed by atoms with Crippen molar-refractivity contribution in [3.8, 4) is 29.3 Å². The van der Waals surface area contributed by atoms with Gasteiger partial charge < -0.3 is 34.8 Å². The van der Waals surface area contributed by atoms with Crippen molar-refractivity contribution in [3.05, 3.63) is 119 Å². The lowest BCUT2D eigenvalue weighted by Crippen LogP contribution is -2.25. The van der Waals surface area contributed by atoms with Crippen LogP contribution < -0.4 is 14.8 Å². The minimum Gasteiger partial charge on any atom is -0.508 e. The van der Waals surface area contributed by atoms with Crippen LogP contribution in [0.3, 0.4) is 0 Å². The van der Waals surface area contributed by atoms with Crippen LogP contribution >= 0.6 is 0 Å². The number of ether oxygens (including phenoxy) is 3. The van der Waals surface area contributed by atoms with Crippen molar-refractivity contribution in [2.45, 2.75) is 122 Å². The molecule has 0 amide bonds. The van der Waals surface area contributed by atoms with Crippen LogP contribution in [0.2, 0.25) is 0 Å². The molecule has 1 saturated carbocycles. The lowest BCUT2D eigenvalue weighted by molar-refractivity contribution is -0.121. The molecule has 60 heavy (non-hydrogen) atoms. The molecule has 1 spiro atoms. The fourth-order valence-corrected chi connectivity index (χ4v) is 9.43. The number of hydrogen-bond acceptors (Lipinski definition) is 8. The van der Waals surface area contributed by atoms with Crippen LogP contribution in [0, 0.1) is 23.9 Å². The Morgan fingerprint density at radius 1 is 0.967 bits per heavy atom. The highest BCUT2D eigenvalue weighted by Crippen LogP contribution is 2.48. The van der Waals surface area contributed by atoms with E-state index in [1.807, 2.05) is 36.4 Å². The second-order valence-corrected chi connectivity index (χ2v) is 17.1. The third-order valence-corrected chi connectivity index (χ3v) is 12.6. The number of fused-ring (bicyclic) bond motifs is 8. The number of unbranched alkanes of at least 4 members (excludes halogenated alkanes) is 1. The quantitative estimate of drug-likeness (QED) is 0.0825. The van der Waals surface area contributed by atoms with E-state index in [-0.39, 0.29) is 35.5 Å². The number of Topliss-reactive ketones (excluding diaryl/α,β-unsaturated/α-hetero) is 1. The van der Waals surface area contributed by atoms with Gasteiger partial charge in [-0.3, -0.25) is 4.79 Å². The Labute approximate surface area is 355 Å². The largest absolute Gasteiger partial charge is 0.508 e. The first-order chi connectivity index (χ1) is 29.1. The second kappa shape index (κ2) is 19.8. The predicted molar refractivity (Wildman–Crippen MR) is 239 cm³/mol. The predicted octanol–water partition coefficient (Wildman–Crippen LogP) is 10.6. The van der Waals surface area contributed by atoms with Gasteiger partial charge in [0.05, 0.1) is 18.6 Å². The zero-order chi connectivity index (χ0) is 42.1. The molecule has 4 aromatic rings. The van der Waals surface area contributed by atoms with Gasteiger partial charge in [-0.2, -0.15) is 0 Å². The number of carbonyl (C=O) groups is 1. The maximum atomic E-state index is 13.8. The number of hydrogen-bond donors (Lipinski definition) is 4. The van der Waals surface area contributed by atoms with Crippen molar-refractivity contribution in [2.24, 2.45) is 11.8 Å². The first-order valence-electron chi connectivity index (χ1n) is 22.0. The van der Waals surface area contributed by atoms with Crippen LogP contribution in [-0.2, 0) is 40.8 Å². The Morgan fingerprint density at radius 2 is 1.80 bits per heavy atom. The summed E-state index contributed by atoms with van der Waals surface area (Å²) in [7, 11) is 1.63. The standard InChI is InChI=1S/C52H61NO7/c1-4-39-31-48(57)51-46-20-15-38(27-47(39)46)34-60-50-28-37(16-21-49(50)58-3)14-18-44(56)32-45(59-25-24-52(51)22-7-8-23-52)30-41-29-43(55)19-17-40(41)12-6-5-10-36-11-9-13-42(26-36)53-33-35(2)54/h9,11,13,15-17,19-21,26-29,31,35,40-41,45,53-55,57H,4-8,10,12,14,18,22-23,30,32-34H2,1-3H3. The SMILES string of the molecule is CCc1cc(O)c2c3ccc(cc13)COc1cc(ccc1OC)CCC(=O)CC(CC1C=C(O)C=CC1CCCCc1cccc(NCC(C)O)c1)OC#CC21CCCC1. The molecule has 6 bridgehead atoms. The van der Waals surface area contributed by atoms with E-state index in [2.05, 4.69) is 66.7 Å². The van der Waals surface area contributed by atoms with E-state index in [1.165, 1.54) is 5.56 Å². The van der Waals surface area contributed by atoms with Gasteiger partial charge in [0.15, 0.2) is 11.5 Å². The summed E-state index contributed by atoms with van der Waals surface area (Å²) in [6, 6.07) is 22.5. The summed E-state index contributed by atoms with van der Waals surface area (Å²) in [6.45, 7) is 4.73. The van der Waals surface area contributed by atoms with Crippen molar-refractivity contribution in [2.75, 3.05) is 19.0 Å². The number of anilines is 1. The van der Waals surface area contributed by atoms with Crippen molar-refractivity contribution in [1.29, 1.82) is 0 Å². The number of benzene rings is 4. The normalized spacial score (nSPS) is 20.6. The number of phenolic OH excluding ortho intramolecular Hbond substituents is 1. The van der Waals surface area contributed by atoms with E-state index in [0.717, 1.165) is 96.5 Å². The summed E-state index contributed by atoms with van der Waals surface area (Å²) in [5.74, 6) is 5.53. The average Bonchev–Trinajstić information content (AvgIpc) is 3.72. The van der Waals surface area contributed by atoms with Gasteiger partial charge in [0, 0.05) is 30.6 Å². The average molecular weight is 812 g/mol. The molecule has 8 nitrogen and oxygen atoms in total. The number of phenols is 1. The summed E-state index contributed by atoms with van der Waals surface area (Å²) in [5, 5.41) is 37.5. The molecular weight excluding hydrogens is 751 g/mol. The molecule has 8 heteroatoms. The number of aliphatic hydroxyl groups excluding tert-OH is 2. The lowest BCUT2D eigenvalue weighted by atomic mass is 9.76. The zero-order valence-electron chi connectivity index (χ0n) is 35.5. The molecule has 2 heterocycles. The van der Waals surface area contributed by atoms with Gasteiger partial charge in [0.1, 0.15) is 36.1 Å². The zero-order valence-corrected chi connectivity index (χ0v) is 35.5. The van der Waals surface area contributed by atoms with Gasteiger partial charge in [-0.25, -0.2) is 0 Å². The van der Waals surface area contributed by atoms with E-state index in [4.69, 9.17) is 14.2 Å². The Bertz CT molecular complexity index is 2260. The van der Waals surface area contributed by atoms with Gasteiger partial charge >= 0.3 is 0 Å². The molecule has 4 atom stereocenters. The smallest absolute Gasteiger partial charge is 0.161 e. The van der Waals surface area contributed by atoms with Crippen LogP contribution in [0.25, 0.3) is 10.8 Å². The number of ketones is 1. The summed E-state index contributed by atoms with van der Waals surface area (Å²) >= 11 is 0. The summed E-state index contributed by atoms with van der Waals surface area (Å²) < 4.78 is 18.6. The fraction of sp³-hybridized carbons (Fsp3) is 0.442. The highest BCUT2D eigenvalue weighted by atomic mass is 16.5. The molecule has 4 N–H and O–H groups in total. The number of rotatable bonds is 12. The van der Waals surface area contributed by atoms with Crippen molar-refractivity contribution in [1.82, 2.24) is 0 Å². The van der Waals surface area contributed by atoms with Gasteiger partial charge in [-0.15, -0.1) is 0 Å². The lowest BCUT2D eigenvalue weighted by Gasteiger charge is -2.29. The molecule has 0 saturated heterocycles. The van der Waals surface area contributed by atoms with Gasteiger partial charge in [-0.05, 0) is 158 Å². The van der Waals surface area contributed by atoms with Crippen LogP contribution in [0.4, 0.5) is 5.69 Å². The van der Waals surface area contributed by atoms with E-state index < -0.39 is 17.6 Å². The number of aryl methyl sites for hydroxylation is 3. The highest BCUT2D eigenvalue weighted by molar-refractivity contribution is 5.93. The maximum absolute atomic E-state index is 13.8. The molecule has 8 rings (SSSR count).